The molecular formula is C58H43N. The predicted molar refractivity (Wildman–Crippen MR) is 247 cm³/mol. The lowest BCUT2D eigenvalue weighted by molar-refractivity contribution is 0.626. The van der Waals surface area contributed by atoms with E-state index in [-0.39, 0.29) is 10.8 Å². The number of benzene rings is 9. The van der Waals surface area contributed by atoms with E-state index in [2.05, 4.69) is 219 Å². The van der Waals surface area contributed by atoms with Crippen molar-refractivity contribution >= 4 is 27.8 Å². The summed E-state index contributed by atoms with van der Waals surface area (Å²) in [6, 6.07) is 75.2. The van der Waals surface area contributed by atoms with Crippen LogP contribution in [0.1, 0.15) is 53.6 Å². The fourth-order valence-corrected chi connectivity index (χ4v) is 11.2. The molecule has 1 spiro atoms. The first-order valence-corrected chi connectivity index (χ1v) is 21.1. The van der Waals surface area contributed by atoms with Crippen molar-refractivity contribution in [3.63, 3.8) is 0 Å². The second-order valence-corrected chi connectivity index (χ2v) is 17.2. The standard InChI is InChI=1S/C58H43N/c1-57(2)53-23-9-6-19-49(53)51-21-12-20-47(56(51)57)43-16-11-17-45(36-43)59(44-29-27-39(28-30-44)42-26-25-38-13-3-4-15-41(38)35-42)46-31-32-50-48-18-7-10-24-54(48)58(55(50)37-46)34-33-40-14-5-8-22-52(40)58/h3-32,35-37H,33-34H2,1-2H3. The van der Waals surface area contributed by atoms with Gasteiger partial charge in [0.1, 0.15) is 0 Å². The van der Waals surface area contributed by atoms with Crippen LogP contribution in [0.25, 0.3) is 55.3 Å². The fraction of sp³-hybridized carbons (Fsp3) is 0.103. The number of hydrogen-bond donors (Lipinski definition) is 0. The molecule has 0 saturated carbocycles. The molecule has 59 heavy (non-hydrogen) atoms. The monoisotopic (exact) mass is 753 g/mol. The van der Waals surface area contributed by atoms with Crippen LogP contribution in [0.5, 0.6) is 0 Å². The average Bonchev–Trinajstić information content (AvgIpc) is 3.90. The van der Waals surface area contributed by atoms with E-state index in [1.807, 2.05) is 0 Å². The number of nitrogens with zero attached hydrogens (tertiary/aromatic N) is 1. The van der Waals surface area contributed by atoms with E-state index in [1.165, 1.54) is 94.3 Å². The third-order valence-electron chi connectivity index (χ3n) is 13.8. The summed E-state index contributed by atoms with van der Waals surface area (Å²) in [4.78, 5) is 2.48. The highest BCUT2D eigenvalue weighted by Gasteiger charge is 2.48. The lowest BCUT2D eigenvalue weighted by atomic mass is 9.73. The summed E-state index contributed by atoms with van der Waals surface area (Å²) in [6.45, 7) is 4.77. The van der Waals surface area contributed by atoms with Gasteiger partial charge in [0.15, 0.2) is 0 Å². The first-order valence-electron chi connectivity index (χ1n) is 21.1. The second kappa shape index (κ2) is 12.8. The van der Waals surface area contributed by atoms with E-state index >= 15 is 0 Å². The smallest absolute Gasteiger partial charge is 0.0470 e. The normalized spacial score (nSPS) is 16.4. The second-order valence-electron chi connectivity index (χ2n) is 17.2. The van der Waals surface area contributed by atoms with E-state index < -0.39 is 0 Å². The molecule has 0 fully saturated rings. The molecule has 0 aromatic heterocycles. The minimum Gasteiger partial charge on any atom is -0.310 e. The maximum Gasteiger partial charge on any atom is 0.0470 e. The Morgan fingerprint density at radius 3 is 1.83 bits per heavy atom. The molecule has 9 aromatic rings. The number of hydrogen-bond acceptors (Lipinski definition) is 1. The van der Waals surface area contributed by atoms with Crippen LogP contribution in [0, 0.1) is 0 Å². The SMILES string of the molecule is CC1(C)c2ccccc2-c2cccc(-c3cccc(N(c4ccc(-c5ccc6ccccc6c5)cc4)c4ccc5c(c4)C4(CCc6ccccc64)c4ccccc4-5)c3)c21. The van der Waals surface area contributed by atoms with Gasteiger partial charge in [0.25, 0.3) is 0 Å². The molecular weight excluding hydrogens is 711 g/mol. The molecule has 12 rings (SSSR count). The number of rotatable bonds is 5. The quantitative estimate of drug-likeness (QED) is 0.169. The molecule has 9 aromatic carbocycles. The van der Waals surface area contributed by atoms with E-state index in [0.717, 1.165) is 24.2 Å². The van der Waals surface area contributed by atoms with Crippen LogP contribution >= 0.6 is 0 Å². The molecule has 0 bridgehead atoms. The zero-order valence-corrected chi connectivity index (χ0v) is 33.4. The lowest BCUT2D eigenvalue weighted by Crippen LogP contribution is -2.24. The molecule has 1 unspecified atom stereocenters. The van der Waals surface area contributed by atoms with Crippen molar-refractivity contribution < 1.29 is 0 Å². The summed E-state index contributed by atoms with van der Waals surface area (Å²) in [5.41, 5.74) is 22.1. The van der Waals surface area contributed by atoms with Gasteiger partial charge in [-0.25, -0.2) is 0 Å². The molecule has 0 radical (unpaired) electrons. The third-order valence-corrected chi connectivity index (χ3v) is 13.8. The van der Waals surface area contributed by atoms with Crippen LogP contribution in [-0.4, -0.2) is 0 Å². The zero-order chi connectivity index (χ0) is 39.3. The Hall–Kier alpha value is -6.96. The minimum atomic E-state index is -0.169. The van der Waals surface area contributed by atoms with Gasteiger partial charge in [-0.3, -0.25) is 0 Å². The van der Waals surface area contributed by atoms with E-state index in [1.54, 1.807) is 0 Å². The van der Waals surface area contributed by atoms with Gasteiger partial charge in [0.05, 0.1) is 0 Å². The zero-order valence-electron chi connectivity index (χ0n) is 33.4. The summed E-state index contributed by atoms with van der Waals surface area (Å²) >= 11 is 0. The van der Waals surface area contributed by atoms with Crippen molar-refractivity contribution in [1.29, 1.82) is 0 Å². The van der Waals surface area contributed by atoms with E-state index in [4.69, 9.17) is 0 Å². The fourth-order valence-electron chi connectivity index (χ4n) is 11.2. The highest BCUT2D eigenvalue weighted by Crippen LogP contribution is 2.59. The van der Waals surface area contributed by atoms with Crippen molar-refractivity contribution in [3.8, 4) is 44.5 Å². The Bertz CT molecular complexity index is 3150. The van der Waals surface area contributed by atoms with Crippen molar-refractivity contribution in [2.24, 2.45) is 0 Å². The van der Waals surface area contributed by atoms with Gasteiger partial charge in [-0.05, 0) is 144 Å². The third kappa shape index (κ3) is 4.98. The summed E-state index contributed by atoms with van der Waals surface area (Å²) in [6.07, 6.45) is 2.16. The van der Waals surface area contributed by atoms with Crippen LogP contribution in [0.3, 0.4) is 0 Å². The predicted octanol–water partition coefficient (Wildman–Crippen LogP) is 15.2. The highest BCUT2D eigenvalue weighted by atomic mass is 15.1. The van der Waals surface area contributed by atoms with Crippen LogP contribution in [0.2, 0.25) is 0 Å². The molecule has 0 amide bonds. The largest absolute Gasteiger partial charge is 0.310 e. The van der Waals surface area contributed by atoms with E-state index in [0.29, 0.717) is 0 Å². The summed E-state index contributed by atoms with van der Waals surface area (Å²) in [7, 11) is 0. The molecule has 0 aliphatic heterocycles. The first kappa shape index (κ1) is 34.1. The van der Waals surface area contributed by atoms with Gasteiger partial charge in [-0.2, -0.15) is 0 Å². The van der Waals surface area contributed by atoms with Crippen molar-refractivity contribution in [2.75, 3.05) is 4.90 Å². The van der Waals surface area contributed by atoms with Crippen molar-refractivity contribution in [1.82, 2.24) is 0 Å². The Balaban J connectivity index is 1.03. The molecule has 1 heteroatoms. The summed E-state index contributed by atoms with van der Waals surface area (Å²) < 4.78 is 0. The molecule has 1 nitrogen and oxygen atoms in total. The van der Waals surface area contributed by atoms with Gasteiger partial charge in [0.2, 0.25) is 0 Å². The Kier molecular flexibility index (Phi) is 7.38. The molecule has 1 atom stereocenters. The van der Waals surface area contributed by atoms with Crippen LogP contribution < -0.4 is 4.90 Å². The molecule has 0 heterocycles. The first-order chi connectivity index (χ1) is 29.0. The van der Waals surface area contributed by atoms with Gasteiger partial charge < -0.3 is 4.90 Å². The Labute approximate surface area is 346 Å². The minimum absolute atomic E-state index is 0.113. The average molecular weight is 754 g/mol. The molecule has 3 aliphatic rings. The van der Waals surface area contributed by atoms with Crippen LogP contribution in [0.4, 0.5) is 17.1 Å². The maximum absolute atomic E-state index is 2.52. The van der Waals surface area contributed by atoms with Crippen molar-refractivity contribution in [2.45, 2.75) is 37.5 Å². The number of anilines is 3. The van der Waals surface area contributed by atoms with E-state index in [9.17, 15) is 0 Å². The maximum atomic E-state index is 2.52. The molecule has 3 aliphatic carbocycles. The summed E-state index contributed by atoms with van der Waals surface area (Å²) in [5.74, 6) is 0. The van der Waals surface area contributed by atoms with Crippen LogP contribution in [-0.2, 0) is 17.3 Å². The Morgan fingerprint density at radius 2 is 0.983 bits per heavy atom. The highest BCUT2D eigenvalue weighted by molar-refractivity contribution is 5.92. The summed E-state index contributed by atoms with van der Waals surface area (Å²) in [5, 5.41) is 2.52. The van der Waals surface area contributed by atoms with Crippen molar-refractivity contribution in [3.05, 3.63) is 234 Å². The van der Waals surface area contributed by atoms with Gasteiger partial charge in [-0.1, -0.05) is 172 Å². The van der Waals surface area contributed by atoms with Gasteiger partial charge >= 0.3 is 0 Å². The Morgan fingerprint density at radius 1 is 0.373 bits per heavy atom. The molecule has 280 valence electrons. The number of fused-ring (bicyclic) bond motifs is 11. The molecule has 0 saturated heterocycles. The van der Waals surface area contributed by atoms with Crippen LogP contribution in [0.15, 0.2) is 200 Å². The van der Waals surface area contributed by atoms with Gasteiger partial charge in [-0.15, -0.1) is 0 Å². The molecule has 0 N–H and O–H groups in total. The lowest BCUT2D eigenvalue weighted by Gasteiger charge is -2.31. The number of aryl methyl sites for hydroxylation is 1. The van der Waals surface area contributed by atoms with Gasteiger partial charge in [0, 0.05) is 27.9 Å². The topological polar surface area (TPSA) is 3.24 Å².